The number of hydrogen-bond donors (Lipinski definition) is 1. The first kappa shape index (κ1) is 19.2. The molecule has 138 valence electrons. The number of alkyl halides is 3. The molecule has 26 heavy (non-hydrogen) atoms. The molecule has 0 saturated carbocycles. The highest BCUT2D eigenvalue weighted by Crippen LogP contribution is 2.28. The van der Waals surface area contributed by atoms with E-state index in [0.717, 1.165) is 6.07 Å². The maximum absolute atomic E-state index is 12.5. The Balaban J connectivity index is 1.99. The molecule has 1 aromatic carbocycles. The highest BCUT2D eigenvalue weighted by Gasteiger charge is 2.30. The number of pyridine rings is 1. The van der Waals surface area contributed by atoms with Crippen LogP contribution in [0.15, 0.2) is 47.7 Å². The number of rotatable bonds is 7. The van der Waals surface area contributed by atoms with Crippen molar-refractivity contribution in [2.24, 2.45) is 5.10 Å². The van der Waals surface area contributed by atoms with Crippen molar-refractivity contribution in [1.82, 2.24) is 4.98 Å². The van der Waals surface area contributed by atoms with Crippen LogP contribution in [0.2, 0.25) is 0 Å². The first-order valence-electron chi connectivity index (χ1n) is 7.60. The molecule has 2 rings (SSSR count). The highest BCUT2D eigenvalue weighted by molar-refractivity contribution is 5.84. The van der Waals surface area contributed by atoms with Gasteiger partial charge in [0.25, 0.3) is 0 Å². The minimum Gasteiger partial charge on any atom is -0.481 e. The van der Waals surface area contributed by atoms with Crippen LogP contribution in [0.5, 0.6) is 5.75 Å². The minimum atomic E-state index is -4.44. The zero-order valence-electron chi connectivity index (χ0n) is 13.8. The third kappa shape index (κ3) is 5.76. The van der Waals surface area contributed by atoms with Crippen LogP contribution in [0.4, 0.5) is 19.0 Å². The molecule has 0 amide bonds. The van der Waals surface area contributed by atoms with Gasteiger partial charge in [0.05, 0.1) is 18.4 Å². The van der Waals surface area contributed by atoms with Crippen LogP contribution in [0.3, 0.4) is 0 Å². The van der Waals surface area contributed by atoms with Gasteiger partial charge in [-0.3, -0.25) is 5.43 Å². The van der Waals surface area contributed by atoms with Gasteiger partial charge in [-0.2, -0.15) is 18.3 Å². The van der Waals surface area contributed by atoms with Crippen molar-refractivity contribution in [3.05, 3.63) is 53.7 Å². The number of carbonyl (C=O) groups excluding carboxylic acids is 1. The lowest BCUT2D eigenvalue weighted by molar-refractivity contribution is -0.145. The van der Waals surface area contributed by atoms with Crippen LogP contribution < -0.4 is 10.2 Å². The Morgan fingerprint density at radius 1 is 1.27 bits per heavy atom. The SMILES string of the molecule is CCOC(=O)COc1ccccc1/C=N\Nc1ccc(C(F)(F)F)cn1. The summed E-state index contributed by atoms with van der Waals surface area (Å²) in [6, 6.07) is 8.89. The van der Waals surface area contributed by atoms with E-state index >= 15 is 0 Å². The van der Waals surface area contributed by atoms with Gasteiger partial charge in [-0.15, -0.1) is 0 Å². The van der Waals surface area contributed by atoms with Crippen molar-refractivity contribution in [2.45, 2.75) is 13.1 Å². The summed E-state index contributed by atoms with van der Waals surface area (Å²) in [7, 11) is 0. The van der Waals surface area contributed by atoms with Crippen molar-refractivity contribution in [3.63, 3.8) is 0 Å². The predicted molar refractivity (Wildman–Crippen MR) is 89.0 cm³/mol. The third-order valence-corrected chi connectivity index (χ3v) is 3.04. The second-order valence-electron chi connectivity index (χ2n) is 4.93. The first-order chi connectivity index (χ1) is 12.4. The van der Waals surface area contributed by atoms with Crippen LogP contribution in [0.25, 0.3) is 0 Å². The number of anilines is 1. The van der Waals surface area contributed by atoms with E-state index in [0.29, 0.717) is 17.5 Å². The molecular formula is C17H16F3N3O3. The number of nitrogens with one attached hydrogen (secondary N) is 1. The molecule has 1 heterocycles. The lowest BCUT2D eigenvalue weighted by Crippen LogP contribution is -2.15. The van der Waals surface area contributed by atoms with Crippen LogP contribution in [-0.4, -0.2) is 30.4 Å². The second kappa shape index (κ2) is 8.84. The van der Waals surface area contributed by atoms with Gasteiger partial charge in [0.2, 0.25) is 0 Å². The second-order valence-corrected chi connectivity index (χ2v) is 4.93. The smallest absolute Gasteiger partial charge is 0.417 e. The van der Waals surface area contributed by atoms with E-state index in [9.17, 15) is 18.0 Å². The Labute approximate surface area is 147 Å². The Morgan fingerprint density at radius 2 is 2.04 bits per heavy atom. The maximum atomic E-state index is 12.5. The van der Waals surface area contributed by atoms with Crippen molar-refractivity contribution < 1.29 is 27.4 Å². The molecule has 0 spiro atoms. The molecule has 0 unspecified atom stereocenters. The maximum Gasteiger partial charge on any atom is 0.417 e. The number of carbonyl (C=O) groups is 1. The largest absolute Gasteiger partial charge is 0.481 e. The quantitative estimate of drug-likeness (QED) is 0.461. The summed E-state index contributed by atoms with van der Waals surface area (Å²) >= 11 is 0. The topological polar surface area (TPSA) is 72.8 Å². The van der Waals surface area contributed by atoms with Gasteiger partial charge in [0.1, 0.15) is 11.6 Å². The number of para-hydroxylation sites is 1. The number of hydrazone groups is 1. The van der Waals surface area contributed by atoms with Gasteiger partial charge in [-0.05, 0) is 31.2 Å². The predicted octanol–water partition coefficient (Wildman–Crippen LogP) is 3.49. The molecule has 1 aromatic heterocycles. The van der Waals surface area contributed by atoms with Gasteiger partial charge in [0.15, 0.2) is 6.61 Å². The molecule has 0 atom stereocenters. The standard InChI is InChI=1S/C17H16F3N3O3/c1-2-25-16(24)11-26-14-6-4-3-5-12(14)9-22-23-15-8-7-13(10-21-15)17(18,19)20/h3-10H,2,11H2,1H3,(H,21,23)/b22-9-. The fourth-order valence-electron chi connectivity index (χ4n) is 1.85. The number of ether oxygens (including phenoxy) is 2. The molecule has 0 radical (unpaired) electrons. The van der Waals surface area contributed by atoms with Crippen LogP contribution >= 0.6 is 0 Å². The normalized spacial score (nSPS) is 11.4. The highest BCUT2D eigenvalue weighted by atomic mass is 19.4. The average Bonchev–Trinajstić information content (AvgIpc) is 2.61. The molecular weight excluding hydrogens is 351 g/mol. The average molecular weight is 367 g/mol. The fraction of sp³-hybridized carbons (Fsp3) is 0.235. The third-order valence-electron chi connectivity index (χ3n) is 3.04. The molecule has 0 bridgehead atoms. The van der Waals surface area contributed by atoms with E-state index in [1.165, 1.54) is 12.3 Å². The summed E-state index contributed by atoms with van der Waals surface area (Å²) in [5.74, 6) is 0.0666. The first-order valence-corrected chi connectivity index (χ1v) is 7.60. The lowest BCUT2D eigenvalue weighted by Gasteiger charge is -2.08. The van der Waals surface area contributed by atoms with E-state index in [1.54, 1.807) is 31.2 Å². The number of benzene rings is 1. The van der Waals surface area contributed by atoms with Gasteiger partial charge in [0, 0.05) is 11.8 Å². The van der Waals surface area contributed by atoms with Crippen LogP contribution in [0, 0.1) is 0 Å². The molecule has 0 fully saturated rings. The van der Waals surface area contributed by atoms with Crippen molar-refractivity contribution in [1.29, 1.82) is 0 Å². The van der Waals surface area contributed by atoms with Crippen LogP contribution in [-0.2, 0) is 15.7 Å². The van der Waals surface area contributed by atoms with Gasteiger partial charge < -0.3 is 9.47 Å². The summed E-state index contributed by atoms with van der Waals surface area (Å²) in [6.07, 6.45) is -2.32. The lowest BCUT2D eigenvalue weighted by atomic mass is 10.2. The van der Waals surface area contributed by atoms with Gasteiger partial charge in [-0.1, -0.05) is 12.1 Å². The van der Waals surface area contributed by atoms with E-state index in [4.69, 9.17) is 9.47 Å². The van der Waals surface area contributed by atoms with E-state index in [-0.39, 0.29) is 19.0 Å². The molecule has 9 heteroatoms. The van der Waals surface area contributed by atoms with Crippen LogP contribution in [0.1, 0.15) is 18.1 Å². The Morgan fingerprint density at radius 3 is 2.69 bits per heavy atom. The summed E-state index contributed by atoms with van der Waals surface area (Å²) in [6.45, 7) is 1.71. The zero-order valence-corrected chi connectivity index (χ0v) is 13.8. The molecule has 0 saturated heterocycles. The summed E-state index contributed by atoms with van der Waals surface area (Å²) in [4.78, 5) is 15.0. The summed E-state index contributed by atoms with van der Waals surface area (Å²) < 4.78 is 47.6. The number of nitrogens with zero attached hydrogens (tertiary/aromatic N) is 2. The number of hydrogen-bond acceptors (Lipinski definition) is 6. The molecule has 0 aliphatic heterocycles. The van der Waals surface area contributed by atoms with Gasteiger partial charge >= 0.3 is 12.1 Å². The van der Waals surface area contributed by atoms with Crippen molar-refractivity contribution >= 4 is 18.0 Å². The van der Waals surface area contributed by atoms with E-state index in [2.05, 4.69) is 15.5 Å². The molecule has 2 aromatic rings. The van der Waals surface area contributed by atoms with Crippen molar-refractivity contribution in [3.8, 4) is 5.75 Å². The number of esters is 1. The molecule has 0 aliphatic carbocycles. The molecule has 0 aliphatic rings. The fourth-order valence-corrected chi connectivity index (χ4v) is 1.85. The Hall–Kier alpha value is -3.10. The van der Waals surface area contributed by atoms with E-state index in [1.807, 2.05) is 0 Å². The van der Waals surface area contributed by atoms with E-state index < -0.39 is 17.7 Å². The summed E-state index contributed by atoms with van der Waals surface area (Å²) in [5, 5.41) is 3.91. The Kier molecular flexibility index (Phi) is 6.54. The monoisotopic (exact) mass is 367 g/mol. The Bertz CT molecular complexity index is 762. The zero-order chi connectivity index (χ0) is 19.0. The number of halogens is 3. The molecule has 6 nitrogen and oxygen atoms in total. The summed E-state index contributed by atoms with van der Waals surface area (Å²) in [5.41, 5.74) is 2.25. The molecule has 1 N–H and O–H groups in total. The number of aromatic nitrogens is 1. The minimum absolute atomic E-state index is 0.152. The van der Waals surface area contributed by atoms with Crippen molar-refractivity contribution in [2.75, 3.05) is 18.6 Å². The van der Waals surface area contributed by atoms with Gasteiger partial charge in [-0.25, -0.2) is 9.78 Å².